The highest BCUT2D eigenvalue weighted by Crippen LogP contribution is 2.25. The van der Waals surface area contributed by atoms with Crippen LogP contribution in [0.1, 0.15) is 24.2 Å². The molecule has 1 N–H and O–H groups in total. The zero-order chi connectivity index (χ0) is 15.5. The summed E-state index contributed by atoms with van der Waals surface area (Å²) in [7, 11) is 0. The first kappa shape index (κ1) is 14.9. The van der Waals surface area contributed by atoms with E-state index in [1.807, 2.05) is 12.1 Å². The second kappa shape index (κ2) is 6.36. The molecule has 116 valence electrons. The minimum Gasteiger partial charge on any atom is -0.481 e. The van der Waals surface area contributed by atoms with Gasteiger partial charge in [-0.05, 0) is 38.4 Å². The minimum absolute atomic E-state index is 0.250. The topological polar surface area (TPSA) is 53.7 Å². The van der Waals surface area contributed by atoms with Gasteiger partial charge < -0.3 is 9.52 Å². The van der Waals surface area contributed by atoms with Crippen LogP contribution >= 0.6 is 0 Å². The van der Waals surface area contributed by atoms with Crippen molar-refractivity contribution in [2.75, 3.05) is 13.1 Å². The minimum atomic E-state index is -0.690. The average molecular weight is 299 g/mol. The van der Waals surface area contributed by atoms with Crippen LogP contribution in [0.15, 0.2) is 40.8 Å². The quantitative estimate of drug-likeness (QED) is 0.938. The third-order valence-electron chi connectivity index (χ3n) is 4.23. The molecule has 4 heteroatoms. The smallest absolute Gasteiger partial charge is 0.307 e. The number of furan rings is 1. The Morgan fingerprint density at radius 2 is 2.05 bits per heavy atom. The van der Waals surface area contributed by atoms with E-state index in [2.05, 4.69) is 36.1 Å². The molecule has 1 fully saturated rings. The van der Waals surface area contributed by atoms with Crippen molar-refractivity contribution in [3.05, 3.63) is 47.7 Å². The lowest BCUT2D eigenvalue weighted by Crippen LogP contribution is -2.38. The first-order valence-electron chi connectivity index (χ1n) is 7.73. The van der Waals surface area contributed by atoms with Crippen LogP contribution in [0.25, 0.3) is 11.3 Å². The van der Waals surface area contributed by atoms with Crippen LogP contribution in [-0.2, 0) is 11.3 Å². The Kier molecular flexibility index (Phi) is 4.29. The van der Waals surface area contributed by atoms with Crippen molar-refractivity contribution in [2.45, 2.75) is 26.3 Å². The van der Waals surface area contributed by atoms with Crippen LogP contribution in [0, 0.1) is 12.8 Å². The highest BCUT2D eigenvalue weighted by molar-refractivity contribution is 5.70. The van der Waals surface area contributed by atoms with Crippen molar-refractivity contribution in [1.29, 1.82) is 0 Å². The molecule has 0 amide bonds. The van der Waals surface area contributed by atoms with Crippen LogP contribution in [0.2, 0.25) is 0 Å². The predicted octanol–water partition coefficient (Wildman–Crippen LogP) is 3.55. The van der Waals surface area contributed by atoms with Gasteiger partial charge in [0.15, 0.2) is 0 Å². The molecular weight excluding hydrogens is 278 g/mol. The first-order valence-corrected chi connectivity index (χ1v) is 7.73. The van der Waals surface area contributed by atoms with Gasteiger partial charge in [0.25, 0.3) is 0 Å². The van der Waals surface area contributed by atoms with Gasteiger partial charge in [-0.25, -0.2) is 0 Å². The van der Waals surface area contributed by atoms with E-state index in [1.165, 1.54) is 5.56 Å². The molecule has 0 spiro atoms. The first-order chi connectivity index (χ1) is 10.6. The molecule has 3 rings (SSSR count). The lowest BCUT2D eigenvalue weighted by atomic mass is 9.98. The molecule has 1 aromatic carbocycles. The molecule has 0 saturated carbocycles. The number of piperidine rings is 1. The second-order valence-corrected chi connectivity index (χ2v) is 6.04. The summed E-state index contributed by atoms with van der Waals surface area (Å²) in [5, 5.41) is 9.15. The van der Waals surface area contributed by atoms with E-state index in [9.17, 15) is 4.79 Å². The van der Waals surface area contributed by atoms with E-state index >= 15 is 0 Å². The van der Waals surface area contributed by atoms with Crippen molar-refractivity contribution in [1.82, 2.24) is 4.90 Å². The molecule has 1 saturated heterocycles. The summed E-state index contributed by atoms with van der Waals surface area (Å²) < 4.78 is 5.92. The fourth-order valence-electron chi connectivity index (χ4n) is 2.96. The Hall–Kier alpha value is -2.07. The number of carboxylic acid groups (broad SMARTS) is 1. The molecule has 1 atom stereocenters. The molecule has 1 aliphatic heterocycles. The fraction of sp³-hybridized carbons (Fsp3) is 0.389. The third-order valence-corrected chi connectivity index (χ3v) is 4.23. The standard InChI is InChI=1S/C18H21NO3/c1-13-4-6-14(7-5-13)17-9-8-16(22-17)12-19-10-2-3-15(11-19)18(20)21/h4-9,15H,2-3,10-12H2,1H3,(H,20,21). The van der Waals surface area contributed by atoms with Gasteiger partial charge in [-0.1, -0.05) is 29.8 Å². The summed E-state index contributed by atoms with van der Waals surface area (Å²) in [5.74, 6) is 0.813. The molecule has 0 radical (unpaired) electrons. The molecule has 1 aromatic heterocycles. The van der Waals surface area contributed by atoms with Crippen molar-refractivity contribution >= 4 is 5.97 Å². The summed E-state index contributed by atoms with van der Waals surface area (Å²) >= 11 is 0. The summed E-state index contributed by atoms with van der Waals surface area (Å²) in [6, 6.07) is 12.2. The number of aryl methyl sites for hydroxylation is 1. The van der Waals surface area contributed by atoms with Gasteiger partial charge in [-0.3, -0.25) is 9.69 Å². The van der Waals surface area contributed by atoms with E-state index in [4.69, 9.17) is 9.52 Å². The number of aliphatic carboxylic acids is 1. The number of carboxylic acids is 1. The van der Waals surface area contributed by atoms with Crippen molar-refractivity contribution in [2.24, 2.45) is 5.92 Å². The number of likely N-dealkylation sites (tertiary alicyclic amines) is 1. The zero-order valence-corrected chi connectivity index (χ0v) is 12.8. The fourth-order valence-corrected chi connectivity index (χ4v) is 2.96. The Bertz CT molecular complexity index is 645. The molecule has 2 aromatic rings. The summed E-state index contributed by atoms with van der Waals surface area (Å²) in [6.45, 7) is 4.28. The molecule has 0 bridgehead atoms. The molecular formula is C18H21NO3. The Morgan fingerprint density at radius 3 is 2.77 bits per heavy atom. The van der Waals surface area contributed by atoms with E-state index in [-0.39, 0.29) is 5.92 Å². The van der Waals surface area contributed by atoms with E-state index < -0.39 is 5.97 Å². The monoisotopic (exact) mass is 299 g/mol. The number of hydrogen-bond donors (Lipinski definition) is 1. The number of hydrogen-bond acceptors (Lipinski definition) is 3. The van der Waals surface area contributed by atoms with E-state index in [0.29, 0.717) is 13.1 Å². The maximum atomic E-state index is 11.1. The second-order valence-electron chi connectivity index (χ2n) is 6.04. The van der Waals surface area contributed by atoms with Gasteiger partial charge in [0, 0.05) is 12.1 Å². The lowest BCUT2D eigenvalue weighted by molar-refractivity contribution is -0.143. The summed E-state index contributed by atoms with van der Waals surface area (Å²) in [5.41, 5.74) is 2.29. The molecule has 4 nitrogen and oxygen atoms in total. The zero-order valence-electron chi connectivity index (χ0n) is 12.8. The van der Waals surface area contributed by atoms with Gasteiger partial charge in [-0.15, -0.1) is 0 Å². The number of rotatable bonds is 4. The van der Waals surface area contributed by atoms with Gasteiger partial charge in [0.2, 0.25) is 0 Å². The largest absolute Gasteiger partial charge is 0.481 e. The maximum absolute atomic E-state index is 11.1. The SMILES string of the molecule is Cc1ccc(-c2ccc(CN3CCCC(C(=O)O)C3)o2)cc1. The maximum Gasteiger partial charge on any atom is 0.307 e. The third kappa shape index (κ3) is 3.39. The van der Waals surface area contributed by atoms with E-state index in [0.717, 1.165) is 36.5 Å². The van der Waals surface area contributed by atoms with Gasteiger partial charge in [0.1, 0.15) is 11.5 Å². The van der Waals surface area contributed by atoms with Gasteiger partial charge >= 0.3 is 5.97 Å². The Balaban J connectivity index is 1.66. The molecule has 22 heavy (non-hydrogen) atoms. The predicted molar refractivity (Wildman–Crippen MR) is 84.5 cm³/mol. The highest BCUT2D eigenvalue weighted by atomic mass is 16.4. The number of benzene rings is 1. The summed E-state index contributed by atoms with van der Waals surface area (Å²) in [6.07, 6.45) is 1.71. The Labute approximate surface area is 130 Å². The van der Waals surface area contributed by atoms with E-state index in [1.54, 1.807) is 0 Å². The van der Waals surface area contributed by atoms with Crippen molar-refractivity contribution < 1.29 is 14.3 Å². The molecule has 0 aliphatic carbocycles. The average Bonchev–Trinajstić information content (AvgIpc) is 2.96. The van der Waals surface area contributed by atoms with Gasteiger partial charge in [-0.2, -0.15) is 0 Å². The molecule has 1 unspecified atom stereocenters. The van der Waals surface area contributed by atoms with Crippen LogP contribution in [0.5, 0.6) is 0 Å². The Morgan fingerprint density at radius 1 is 1.27 bits per heavy atom. The highest BCUT2D eigenvalue weighted by Gasteiger charge is 2.25. The summed E-state index contributed by atoms with van der Waals surface area (Å²) in [4.78, 5) is 13.3. The normalized spacial score (nSPS) is 19.2. The lowest BCUT2D eigenvalue weighted by Gasteiger charge is -2.29. The molecule has 2 heterocycles. The van der Waals surface area contributed by atoms with Crippen LogP contribution < -0.4 is 0 Å². The molecule has 1 aliphatic rings. The van der Waals surface area contributed by atoms with Crippen LogP contribution in [0.3, 0.4) is 0 Å². The number of nitrogens with zero attached hydrogens (tertiary/aromatic N) is 1. The van der Waals surface area contributed by atoms with Gasteiger partial charge in [0.05, 0.1) is 12.5 Å². The number of carbonyl (C=O) groups is 1. The van der Waals surface area contributed by atoms with Crippen LogP contribution in [-0.4, -0.2) is 29.1 Å². The van der Waals surface area contributed by atoms with Crippen molar-refractivity contribution in [3.63, 3.8) is 0 Å². The van der Waals surface area contributed by atoms with Crippen molar-refractivity contribution in [3.8, 4) is 11.3 Å². The van der Waals surface area contributed by atoms with Crippen LogP contribution in [0.4, 0.5) is 0 Å².